The molecule has 1 heterocycles. The number of nitrogens with two attached hydrogens (primary N) is 1. The van der Waals surface area contributed by atoms with E-state index in [0.29, 0.717) is 11.3 Å². The highest BCUT2D eigenvalue weighted by Crippen LogP contribution is 2.50. The Hall–Kier alpha value is -3.74. The van der Waals surface area contributed by atoms with Crippen molar-refractivity contribution in [3.8, 4) is 5.75 Å². The number of carboxylic acid groups (broad SMARTS) is 1. The van der Waals surface area contributed by atoms with Gasteiger partial charge in [0.25, 0.3) is 0 Å². The number of anilines is 3. The van der Waals surface area contributed by atoms with Crippen molar-refractivity contribution in [1.29, 1.82) is 0 Å². The van der Waals surface area contributed by atoms with Gasteiger partial charge in [-0.05, 0) is 17.7 Å². The molecule has 0 bridgehead atoms. The first-order valence-electron chi connectivity index (χ1n) is 10.5. The highest BCUT2D eigenvalue weighted by Gasteiger charge is 2.39. The largest absolute Gasteiger partial charge is 0.478 e. The Morgan fingerprint density at radius 1 is 1.19 bits per heavy atom. The van der Waals surface area contributed by atoms with Gasteiger partial charge in [-0.3, -0.25) is 0 Å². The number of hydrogen-bond donors (Lipinski definition) is 3. The molecule has 32 heavy (non-hydrogen) atoms. The average Bonchev–Trinajstić information content (AvgIpc) is 2.76. The number of hydrogen-bond acceptors (Lipinski definition) is 5. The number of ether oxygens (including phenoxy) is 1. The van der Waals surface area contributed by atoms with Gasteiger partial charge in [-0.15, -0.1) is 0 Å². The molecule has 0 amide bonds. The van der Waals surface area contributed by atoms with E-state index in [-0.39, 0.29) is 23.1 Å². The van der Waals surface area contributed by atoms with Crippen molar-refractivity contribution in [2.45, 2.75) is 5.92 Å². The molecule has 0 saturated carbocycles. The summed E-state index contributed by atoms with van der Waals surface area (Å²) in [5.74, 6) is 0.0788. The van der Waals surface area contributed by atoms with Gasteiger partial charge in [0.15, 0.2) is 0 Å². The van der Waals surface area contributed by atoms with Gasteiger partial charge >= 0.3 is 5.97 Å². The SMILES string of the molecule is CNc1ccc(C2c3ccc(N(C)C)cc3OC3=CC(=[N+](C)C)C=CC32)c(C(=O)O)c1N. The van der Waals surface area contributed by atoms with E-state index in [1.165, 1.54) is 0 Å². The summed E-state index contributed by atoms with van der Waals surface area (Å²) in [6, 6.07) is 9.76. The van der Waals surface area contributed by atoms with Crippen molar-refractivity contribution in [3.05, 3.63) is 71.0 Å². The van der Waals surface area contributed by atoms with E-state index >= 15 is 0 Å². The van der Waals surface area contributed by atoms with Gasteiger partial charge < -0.3 is 25.8 Å². The molecule has 0 spiro atoms. The summed E-state index contributed by atoms with van der Waals surface area (Å²) in [7, 11) is 9.65. The topological polar surface area (TPSA) is 90.8 Å². The molecule has 0 aromatic heterocycles. The third kappa shape index (κ3) is 3.49. The van der Waals surface area contributed by atoms with Gasteiger partial charge in [-0.25, -0.2) is 9.37 Å². The second-order valence-corrected chi connectivity index (χ2v) is 8.49. The van der Waals surface area contributed by atoms with Crippen molar-refractivity contribution >= 4 is 28.7 Å². The van der Waals surface area contributed by atoms with Crippen LogP contribution >= 0.6 is 0 Å². The zero-order valence-electron chi connectivity index (χ0n) is 19.0. The zero-order chi connectivity index (χ0) is 23.2. The smallest absolute Gasteiger partial charge is 0.338 e. The number of rotatable bonds is 4. The average molecular weight is 434 g/mol. The van der Waals surface area contributed by atoms with Crippen LogP contribution in [-0.4, -0.2) is 56.6 Å². The summed E-state index contributed by atoms with van der Waals surface area (Å²) in [6.07, 6.45) is 6.16. The molecule has 2 unspecified atom stereocenters. The Morgan fingerprint density at radius 3 is 2.53 bits per heavy atom. The predicted molar refractivity (Wildman–Crippen MR) is 128 cm³/mol. The molecule has 4 N–H and O–H groups in total. The highest BCUT2D eigenvalue weighted by atomic mass is 16.5. The number of aromatic carboxylic acids is 1. The molecule has 1 aliphatic heterocycles. The second-order valence-electron chi connectivity index (χ2n) is 8.49. The van der Waals surface area contributed by atoms with Crippen LogP contribution in [0, 0.1) is 5.92 Å². The molecular weight excluding hydrogens is 404 g/mol. The Balaban J connectivity index is 1.99. The second kappa shape index (κ2) is 8.07. The molecule has 2 atom stereocenters. The molecule has 0 fully saturated rings. The van der Waals surface area contributed by atoms with Crippen molar-refractivity contribution < 1.29 is 19.2 Å². The lowest BCUT2D eigenvalue weighted by Gasteiger charge is -2.36. The molecule has 7 nitrogen and oxygen atoms in total. The molecule has 0 saturated heterocycles. The van der Waals surface area contributed by atoms with E-state index in [0.717, 1.165) is 28.5 Å². The van der Waals surface area contributed by atoms with E-state index < -0.39 is 5.97 Å². The fraction of sp³-hybridized carbons (Fsp3) is 0.280. The van der Waals surface area contributed by atoms with Gasteiger partial charge in [0.1, 0.15) is 25.6 Å². The van der Waals surface area contributed by atoms with E-state index in [2.05, 4.69) is 17.5 Å². The maximum absolute atomic E-state index is 12.3. The van der Waals surface area contributed by atoms with Crippen molar-refractivity contribution in [3.63, 3.8) is 0 Å². The van der Waals surface area contributed by atoms with E-state index in [4.69, 9.17) is 10.5 Å². The molecule has 166 valence electrons. The van der Waals surface area contributed by atoms with Crippen molar-refractivity contribution in [2.24, 2.45) is 5.92 Å². The Labute approximate surface area is 188 Å². The molecule has 0 radical (unpaired) electrons. The van der Waals surface area contributed by atoms with Crippen LogP contribution < -0.4 is 20.7 Å². The summed E-state index contributed by atoms with van der Waals surface area (Å²) < 4.78 is 8.40. The maximum atomic E-state index is 12.3. The normalized spacial score (nSPS) is 18.8. The zero-order valence-corrected chi connectivity index (χ0v) is 19.0. The standard InChI is InChI=1S/C25H28N4O3/c1-27-19-11-10-18(23(24(19)26)25(30)31)22-16-8-6-14(28(2)3)12-20(16)32-21-13-15(29(4)5)7-9-17(21)22/h6-13,16,22,27H,26H2,1-5H3/p+1. The first kappa shape index (κ1) is 21.5. The van der Waals surface area contributed by atoms with E-state index in [9.17, 15) is 9.90 Å². The first-order valence-corrected chi connectivity index (χ1v) is 10.5. The minimum absolute atomic E-state index is 0.126. The van der Waals surface area contributed by atoms with Crippen molar-refractivity contribution in [2.75, 3.05) is 51.2 Å². The lowest BCUT2D eigenvalue weighted by atomic mass is 9.74. The molecule has 2 aromatic rings. The van der Waals surface area contributed by atoms with Gasteiger partial charge in [0, 0.05) is 62.4 Å². The summed E-state index contributed by atoms with van der Waals surface area (Å²) in [6.45, 7) is 0. The number of nitrogen functional groups attached to an aromatic ring is 1. The number of nitrogens with zero attached hydrogens (tertiary/aromatic N) is 2. The number of allylic oxidation sites excluding steroid dienone is 3. The van der Waals surface area contributed by atoms with Crippen LogP contribution in [0.25, 0.3) is 0 Å². The Morgan fingerprint density at radius 2 is 1.91 bits per heavy atom. The lowest BCUT2D eigenvalue weighted by molar-refractivity contribution is -0.462. The minimum atomic E-state index is -1.04. The van der Waals surface area contributed by atoms with Crippen LogP contribution in [0.5, 0.6) is 5.75 Å². The highest BCUT2D eigenvalue weighted by molar-refractivity contribution is 6.02. The monoisotopic (exact) mass is 433 g/mol. The third-order valence-electron chi connectivity index (χ3n) is 6.14. The molecular formula is C25H29N4O3+. The van der Waals surface area contributed by atoms with Gasteiger partial charge in [0.05, 0.1) is 16.9 Å². The van der Waals surface area contributed by atoms with Crippen LogP contribution in [0.3, 0.4) is 0 Å². The molecule has 2 aromatic carbocycles. The summed E-state index contributed by atoms with van der Waals surface area (Å²) in [5, 5.41) is 13.1. The van der Waals surface area contributed by atoms with Gasteiger partial charge in [-0.2, -0.15) is 0 Å². The third-order valence-corrected chi connectivity index (χ3v) is 6.14. The summed E-state index contributed by atoms with van der Waals surface area (Å²) >= 11 is 0. The summed E-state index contributed by atoms with van der Waals surface area (Å²) in [5.41, 5.74) is 10.9. The van der Waals surface area contributed by atoms with Crippen LogP contribution in [0.15, 0.2) is 54.3 Å². The fourth-order valence-corrected chi connectivity index (χ4v) is 4.42. The molecule has 7 heteroatoms. The van der Waals surface area contributed by atoms with Crippen LogP contribution in [0.4, 0.5) is 17.1 Å². The van der Waals surface area contributed by atoms with Gasteiger partial charge in [0.2, 0.25) is 5.71 Å². The Kier molecular flexibility index (Phi) is 5.42. The quantitative estimate of drug-likeness (QED) is 0.506. The number of carboxylic acids is 1. The number of fused-ring (bicyclic) bond motifs is 2. The molecule has 4 rings (SSSR count). The van der Waals surface area contributed by atoms with E-state index in [1.807, 2.05) is 74.1 Å². The van der Waals surface area contributed by atoms with Gasteiger partial charge in [-0.1, -0.05) is 18.2 Å². The number of nitrogens with one attached hydrogen (secondary N) is 1. The van der Waals surface area contributed by atoms with Crippen LogP contribution in [0.2, 0.25) is 0 Å². The summed E-state index contributed by atoms with van der Waals surface area (Å²) in [4.78, 5) is 14.3. The molecule has 2 aliphatic rings. The van der Waals surface area contributed by atoms with Crippen LogP contribution in [-0.2, 0) is 0 Å². The first-order chi connectivity index (χ1) is 15.2. The molecule has 1 aliphatic carbocycles. The number of carbonyl (C=O) groups is 1. The fourth-order valence-electron chi connectivity index (χ4n) is 4.42. The van der Waals surface area contributed by atoms with Crippen molar-refractivity contribution in [1.82, 2.24) is 0 Å². The van der Waals surface area contributed by atoms with E-state index in [1.54, 1.807) is 7.05 Å². The Bertz CT molecular complexity index is 1190. The minimum Gasteiger partial charge on any atom is -0.478 e. The predicted octanol–water partition coefficient (Wildman–Crippen LogP) is 3.38. The maximum Gasteiger partial charge on any atom is 0.338 e. The van der Waals surface area contributed by atoms with Crippen LogP contribution in [0.1, 0.15) is 27.4 Å². The lowest BCUT2D eigenvalue weighted by Crippen LogP contribution is -2.29. The number of benzene rings is 2.